The molecule has 0 saturated carbocycles. The maximum atomic E-state index is 12.6. The molecule has 0 fully saturated rings. The predicted octanol–water partition coefficient (Wildman–Crippen LogP) is -2.70. The Kier molecular flexibility index (Phi) is 11.9. The fourth-order valence-corrected chi connectivity index (χ4v) is 2.31. The zero-order valence-corrected chi connectivity index (χ0v) is 17.0. The van der Waals surface area contributed by atoms with Crippen LogP contribution in [0.25, 0.3) is 0 Å². The normalized spacial score (nSPS) is 15.9. The van der Waals surface area contributed by atoms with E-state index in [1.54, 1.807) is 13.8 Å². The second-order valence-electron chi connectivity index (χ2n) is 6.40. The Morgan fingerprint density at radius 1 is 0.966 bits per heavy atom. The summed E-state index contributed by atoms with van der Waals surface area (Å²) in [6.07, 6.45) is -0.351. The van der Waals surface area contributed by atoms with Crippen molar-refractivity contribution in [1.29, 1.82) is 0 Å². The molecule has 5 atom stereocenters. The molecule has 0 aliphatic carbocycles. The highest BCUT2D eigenvalue weighted by Gasteiger charge is 2.33. The lowest BCUT2D eigenvalue weighted by Gasteiger charge is -2.27. The standard InChI is InChI=1S/C16H28N4O8S/c1-3-7(2)12(15(26)19-10(5-21)16(27)28)20-14(25)9(4-11(22)23)18-13(24)8(17)6-29/h7-10,12,21,29H,3-6,17H2,1-2H3,(H,18,24)(H,19,26)(H,20,25)(H,22,23)(H,27,28). The molecule has 3 amide bonds. The van der Waals surface area contributed by atoms with Gasteiger partial charge in [-0.3, -0.25) is 19.2 Å². The maximum Gasteiger partial charge on any atom is 0.328 e. The van der Waals surface area contributed by atoms with Gasteiger partial charge in [-0.1, -0.05) is 20.3 Å². The highest BCUT2D eigenvalue weighted by molar-refractivity contribution is 7.80. The lowest BCUT2D eigenvalue weighted by molar-refractivity contribution is -0.144. The maximum absolute atomic E-state index is 12.6. The molecular weight excluding hydrogens is 408 g/mol. The summed E-state index contributed by atoms with van der Waals surface area (Å²) >= 11 is 3.85. The molecule has 0 aliphatic rings. The van der Waals surface area contributed by atoms with Gasteiger partial charge in [-0.15, -0.1) is 0 Å². The topological polar surface area (TPSA) is 208 Å². The van der Waals surface area contributed by atoms with E-state index < -0.39 is 72.8 Å². The van der Waals surface area contributed by atoms with Crippen molar-refractivity contribution < 1.29 is 39.3 Å². The molecule has 0 aromatic rings. The summed E-state index contributed by atoms with van der Waals surface area (Å²) in [6, 6.07) is -5.39. The van der Waals surface area contributed by atoms with Gasteiger partial charge >= 0.3 is 11.9 Å². The van der Waals surface area contributed by atoms with Crippen molar-refractivity contribution in [1.82, 2.24) is 16.0 Å². The summed E-state index contributed by atoms with van der Waals surface area (Å²) < 4.78 is 0. The van der Waals surface area contributed by atoms with E-state index in [-0.39, 0.29) is 5.75 Å². The smallest absolute Gasteiger partial charge is 0.328 e. The van der Waals surface area contributed by atoms with Crippen LogP contribution >= 0.6 is 12.6 Å². The number of rotatable bonds is 13. The molecule has 0 aromatic carbocycles. The van der Waals surface area contributed by atoms with Crippen molar-refractivity contribution in [3.05, 3.63) is 0 Å². The first-order valence-corrected chi connectivity index (χ1v) is 9.44. The van der Waals surface area contributed by atoms with Crippen molar-refractivity contribution in [3.8, 4) is 0 Å². The van der Waals surface area contributed by atoms with Gasteiger partial charge in [0.05, 0.1) is 19.1 Å². The van der Waals surface area contributed by atoms with E-state index in [4.69, 9.17) is 21.1 Å². The van der Waals surface area contributed by atoms with E-state index in [1.807, 2.05) is 0 Å². The number of carboxylic acid groups (broad SMARTS) is 2. The SMILES string of the molecule is CCC(C)C(NC(=O)C(CC(=O)O)NC(=O)C(N)CS)C(=O)NC(CO)C(=O)O. The van der Waals surface area contributed by atoms with Crippen LogP contribution in [0.2, 0.25) is 0 Å². The molecule has 8 N–H and O–H groups in total. The Hall–Kier alpha value is -2.38. The first kappa shape index (κ1) is 26.6. The van der Waals surface area contributed by atoms with Crippen molar-refractivity contribution in [2.24, 2.45) is 11.7 Å². The van der Waals surface area contributed by atoms with Gasteiger partial charge in [0.25, 0.3) is 0 Å². The van der Waals surface area contributed by atoms with Gasteiger partial charge in [0.2, 0.25) is 17.7 Å². The number of amides is 3. The Morgan fingerprint density at radius 2 is 1.52 bits per heavy atom. The molecule has 0 heterocycles. The summed E-state index contributed by atoms with van der Waals surface area (Å²) in [4.78, 5) is 59.0. The van der Waals surface area contributed by atoms with Crippen LogP contribution in [-0.2, 0) is 24.0 Å². The van der Waals surface area contributed by atoms with Crippen LogP contribution in [0.3, 0.4) is 0 Å². The van der Waals surface area contributed by atoms with Crippen LogP contribution in [0.5, 0.6) is 0 Å². The number of carbonyl (C=O) groups is 5. The third kappa shape index (κ3) is 9.11. The van der Waals surface area contributed by atoms with Crippen molar-refractivity contribution in [2.45, 2.75) is 50.9 Å². The second kappa shape index (κ2) is 13.0. The molecule has 0 aliphatic heterocycles. The molecule has 29 heavy (non-hydrogen) atoms. The van der Waals surface area contributed by atoms with Crippen LogP contribution < -0.4 is 21.7 Å². The highest BCUT2D eigenvalue weighted by atomic mass is 32.1. The number of hydrogen-bond acceptors (Lipinski definition) is 8. The Bertz CT molecular complexity index is 618. The minimum Gasteiger partial charge on any atom is -0.481 e. The molecular formula is C16H28N4O8S. The van der Waals surface area contributed by atoms with Gasteiger partial charge in [0.1, 0.15) is 18.1 Å². The average Bonchev–Trinajstić information content (AvgIpc) is 2.67. The summed E-state index contributed by atoms with van der Waals surface area (Å²) in [5.74, 6) is -5.97. The van der Waals surface area contributed by atoms with Crippen molar-refractivity contribution in [3.63, 3.8) is 0 Å². The molecule has 0 aromatic heterocycles. The number of hydrogen-bond donors (Lipinski definition) is 8. The average molecular weight is 436 g/mol. The summed E-state index contributed by atoms with van der Waals surface area (Å²) in [7, 11) is 0. The molecule has 166 valence electrons. The van der Waals surface area contributed by atoms with Gasteiger partial charge < -0.3 is 37.0 Å². The number of nitrogens with two attached hydrogens (primary N) is 1. The fourth-order valence-electron chi connectivity index (χ4n) is 2.15. The molecule has 13 heteroatoms. The Labute approximate surface area is 173 Å². The summed E-state index contributed by atoms with van der Waals surface area (Å²) in [6.45, 7) is 2.47. The third-order valence-electron chi connectivity index (χ3n) is 4.14. The van der Waals surface area contributed by atoms with E-state index in [0.717, 1.165) is 0 Å². The number of aliphatic hydroxyl groups excluding tert-OH is 1. The molecule has 0 spiro atoms. The molecule has 0 saturated heterocycles. The summed E-state index contributed by atoms with van der Waals surface area (Å²) in [5, 5.41) is 33.6. The van der Waals surface area contributed by atoms with Crippen LogP contribution in [0.15, 0.2) is 0 Å². The predicted molar refractivity (Wildman–Crippen MR) is 104 cm³/mol. The van der Waals surface area contributed by atoms with Crippen molar-refractivity contribution in [2.75, 3.05) is 12.4 Å². The van der Waals surface area contributed by atoms with Gasteiger partial charge in [0, 0.05) is 5.75 Å². The minimum atomic E-state index is -1.58. The zero-order chi connectivity index (χ0) is 22.7. The minimum absolute atomic E-state index is 0.0388. The van der Waals surface area contributed by atoms with E-state index in [1.165, 1.54) is 0 Å². The van der Waals surface area contributed by atoms with E-state index in [9.17, 15) is 24.0 Å². The molecule has 12 nitrogen and oxygen atoms in total. The number of aliphatic hydroxyl groups is 1. The number of carbonyl (C=O) groups excluding carboxylic acids is 3. The number of aliphatic carboxylic acids is 2. The zero-order valence-electron chi connectivity index (χ0n) is 16.1. The summed E-state index contributed by atoms with van der Waals surface area (Å²) in [5.41, 5.74) is 5.50. The number of thiol groups is 1. The number of nitrogens with one attached hydrogen (secondary N) is 3. The largest absolute Gasteiger partial charge is 0.481 e. The quantitative estimate of drug-likeness (QED) is 0.141. The third-order valence-corrected chi connectivity index (χ3v) is 4.53. The molecule has 5 unspecified atom stereocenters. The number of carboxylic acids is 2. The first-order chi connectivity index (χ1) is 13.5. The van der Waals surface area contributed by atoms with Gasteiger partial charge in [0.15, 0.2) is 0 Å². The fraction of sp³-hybridized carbons (Fsp3) is 0.688. The van der Waals surface area contributed by atoms with Gasteiger partial charge in [-0.2, -0.15) is 12.6 Å². The van der Waals surface area contributed by atoms with Crippen molar-refractivity contribution >= 4 is 42.3 Å². The monoisotopic (exact) mass is 436 g/mol. The van der Waals surface area contributed by atoms with Gasteiger partial charge in [-0.05, 0) is 5.92 Å². The first-order valence-electron chi connectivity index (χ1n) is 8.81. The molecule has 0 rings (SSSR count). The van der Waals surface area contributed by atoms with E-state index >= 15 is 0 Å². The second-order valence-corrected chi connectivity index (χ2v) is 6.77. The molecule has 0 bridgehead atoms. The van der Waals surface area contributed by atoms with Crippen LogP contribution in [0.1, 0.15) is 26.7 Å². The van der Waals surface area contributed by atoms with Crippen LogP contribution in [0.4, 0.5) is 0 Å². The Morgan fingerprint density at radius 3 is 1.93 bits per heavy atom. The lowest BCUT2D eigenvalue weighted by atomic mass is 9.97. The lowest BCUT2D eigenvalue weighted by Crippen LogP contribution is -2.59. The van der Waals surface area contributed by atoms with Gasteiger partial charge in [-0.25, -0.2) is 4.79 Å². The van der Waals surface area contributed by atoms with E-state index in [0.29, 0.717) is 6.42 Å². The van der Waals surface area contributed by atoms with Crippen LogP contribution in [0, 0.1) is 5.92 Å². The van der Waals surface area contributed by atoms with Crippen LogP contribution in [-0.4, -0.2) is 81.5 Å². The highest BCUT2D eigenvalue weighted by Crippen LogP contribution is 2.09. The van der Waals surface area contributed by atoms with E-state index in [2.05, 4.69) is 28.6 Å². The molecule has 0 radical (unpaired) electrons. The Balaban J connectivity index is 5.46.